The number of carbonyl (C=O) groups excluding carboxylic acids is 1. The van der Waals surface area contributed by atoms with Gasteiger partial charge in [-0.2, -0.15) is 0 Å². The molecule has 0 aromatic heterocycles. The largest absolute Gasteiger partial charge is 0.460 e. The van der Waals surface area contributed by atoms with Gasteiger partial charge in [0.15, 0.2) is 0 Å². The topological polar surface area (TPSA) is 66.8 Å². The molecule has 0 rings (SSSR count). The summed E-state index contributed by atoms with van der Waals surface area (Å²) in [5.41, 5.74) is -1.24. The minimum Gasteiger partial charge on any atom is -0.460 e. The standard InChI is InChI=1S/C22H44O4/c1-6-8-10-12-15-22(25,16-13-11-9-7-2)17-14-19(23)18-20(24)26-21(3,4)5/h19,23,25H,6-18H2,1-5H3/t19-/m0/s1. The van der Waals surface area contributed by atoms with E-state index in [4.69, 9.17) is 4.74 Å². The normalized spacial score (nSPS) is 13.7. The molecule has 26 heavy (non-hydrogen) atoms. The highest BCUT2D eigenvalue weighted by Crippen LogP contribution is 2.29. The zero-order chi connectivity index (χ0) is 20.1. The van der Waals surface area contributed by atoms with E-state index in [1.165, 1.54) is 25.7 Å². The van der Waals surface area contributed by atoms with Crippen LogP contribution in [0.25, 0.3) is 0 Å². The van der Waals surface area contributed by atoms with E-state index in [1.54, 1.807) is 0 Å². The SMILES string of the molecule is CCCCCCC(O)(CCCCCC)CC[C@H](O)CC(=O)OC(C)(C)C. The van der Waals surface area contributed by atoms with Gasteiger partial charge in [0.2, 0.25) is 0 Å². The lowest BCUT2D eigenvalue weighted by Crippen LogP contribution is -2.31. The Morgan fingerprint density at radius 3 is 1.81 bits per heavy atom. The quantitative estimate of drug-likeness (QED) is 0.293. The number of ether oxygens (including phenoxy) is 1. The average Bonchev–Trinajstić information content (AvgIpc) is 2.52. The molecule has 4 nitrogen and oxygen atoms in total. The summed E-state index contributed by atoms with van der Waals surface area (Å²) < 4.78 is 5.26. The van der Waals surface area contributed by atoms with Gasteiger partial charge in [-0.3, -0.25) is 4.79 Å². The molecule has 156 valence electrons. The van der Waals surface area contributed by atoms with Crippen LogP contribution < -0.4 is 0 Å². The number of carbonyl (C=O) groups is 1. The highest BCUT2D eigenvalue weighted by atomic mass is 16.6. The molecule has 0 saturated heterocycles. The van der Waals surface area contributed by atoms with Crippen molar-refractivity contribution in [2.24, 2.45) is 0 Å². The van der Waals surface area contributed by atoms with E-state index in [0.29, 0.717) is 12.8 Å². The minimum absolute atomic E-state index is 0.000973. The molecule has 0 fully saturated rings. The van der Waals surface area contributed by atoms with E-state index >= 15 is 0 Å². The fraction of sp³-hybridized carbons (Fsp3) is 0.955. The summed E-state index contributed by atoms with van der Waals surface area (Å²) in [5.74, 6) is -0.376. The Morgan fingerprint density at radius 1 is 0.885 bits per heavy atom. The van der Waals surface area contributed by atoms with Crippen LogP contribution in [0.3, 0.4) is 0 Å². The van der Waals surface area contributed by atoms with Crippen LogP contribution in [-0.2, 0) is 9.53 Å². The monoisotopic (exact) mass is 372 g/mol. The second-order valence-corrected chi connectivity index (χ2v) is 8.83. The van der Waals surface area contributed by atoms with Crippen LogP contribution in [0, 0.1) is 0 Å². The highest BCUT2D eigenvalue weighted by Gasteiger charge is 2.28. The predicted octanol–water partition coefficient (Wildman–Crippen LogP) is 5.53. The lowest BCUT2D eigenvalue weighted by Gasteiger charge is -2.29. The summed E-state index contributed by atoms with van der Waals surface area (Å²) in [6, 6.07) is 0. The van der Waals surface area contributed by atoms with Crippen molar-refractivity contribution in [3.63, 3.8) is 0 Å². The maximum Gasteiger partial charge on any atom is 0.308 e. The molecule has 0 radical (unpaired) electrons. The number of hydrogen-bond donors (Lipinski definition) is 2. The second kappa shape index (κ2) is 13.5. The number of rotatable bonds is 15. The zero-order valence-corrected chi connectivity index (χ0v) is 18.0. The smallest absolute Gasteiger partial charge is 0.308 e. The molecule has 0 bridgehead atoms. The van der Waals surface area contributed by atoms with Gasteiger partial charge in [-0.05, 0) is 46.5 Å². The molecule has 0 saturated carbocycles. The van der Waals surface area contributed by atoms with Gasteiger partial charge in [0.05, 0.1) is 18.1 Å². The van der Waals surface area contributed by atoms with Crippen molar-refractivity contribution in [1.29, 1.82) is 0 Å². The number of aliphatic hydroxyl groups excluding tert-OH is 1. The molecule has 4 heteroatoms. The molecule has 0 unspecified atom stereocenters. The second-order valence-electron chi connectivity index (χ2n) is 8.83. The summed E-state index contributed by atoms with van der Waals surface area (Å²) in [4.78, 5) is 11.8. The van der Waals surface area contributed by atoms with Crippen molar-refractivity contribution >= 4 is 5.97 Å². The molecule has 1 atom stereocenters. The van der Waals surface area contributed by atoms with Gasteiger partial charge >= 0.3 is 5.97 Å². The fourth-order valence-corrected chi connectivity index (χ4v) is 3.25. The van der Waals surface area contributed by atoms with Crippen molar-refractivity contribution in [3.8, 4) is 0 Å². The Balaban J connectivity index is 4.42. The molecule has 0 aliphatic carbocycles. The number of aliphatic hydroxyl groups is 2. The van der Waals surface area contributed by atoms with Crippen LogP contribution in [0.4, 0.5) is 0 Å². The van der Waals surface area contributed by atoms with Gasteiger partial charge in [-0.1, -0.05) is 65.2 Å². The zero-order valence-electron chi connectivity index (χ0n) is 18.0. The van der Waals surface area contributed by atoms with E-state index < -0.39 is 17.3 Å². The number of esters is 1. The highest BCUT2D eigenvalue weighted by molar-refractivity contribution is 5.70. The Morgan fingerprint density at radius 2 is 1.38 bits per heavy atom. The van der Waals surface area contributed by atoms with E-state index in [9.17, 15) is 15.0 Å². The van der Waals surface area contributed by atoms with Crippen LogP contribution in [0.1, 0.15) is 118 Å². The summed E-state index contributed by atoms with van der Waals surface area (Å²) in [6.07, 6.45) is 10.9. The van der Waals surface area contributed by atoms with Crippen molar-refractivity contribution in [2.45, 2.75) is 135 Å². The van der Waals surface area contributed by atoms with Gasteiger partial charge in [-0.15, -0.1) is 0 Å². The first-order chi connectivity index (χ1) is 12.1. The van der Waals surface area contributed by atoms with Crippen molar-refractivity contribution in [1.82, 2.24) is 0 Å². The Labute approximate surface area is 161 Å². The van der Waals surface area contributed by atoms with E-state index in [1.807, 2.05) is 20.8 Å². The molecule has 0 aromatic rings. The molecule has 0 aromatic carbocycles. The van der Waals surface area contributed by atoms with Gasteiger partial charge < -0.3 is 14.9 Å². The van der Waals surface area contributed by atoms with Crippen molar-refractivity contribution in [3.05, 3.63) is 0 Å². The molecular weight excluding hydrogens is 328 g/mol. The third-order valence-electron chi connectivity index (χ3n) is 4.76. The van der Waals surface area contributed by atoms with E-state index in [-0.39, 0.29) is 12.4 Å². The van der Waals surface area contributed by atoms with E-state index in [2.05, 4.69) is 13.8 Å². The van der Waals surface area contributed by atoms with Crippen LogP contribution in [-0.4, -0.2) is 33.5 Å². The maximum absolute atomic E-state index is 11.8. The fourth-order valence-electron chi connectivity index (χ4n) is 3.25. The van der Waals surface area contributed by atoms with Gasteiger partial charge in [0.25, 0.3) is 0 Å². The predicted molar refractivity (Wildman–Crippen MR) is 108 cm³/mol. The molecule has 0 heterocycles. The first kappa shape index (κ1) is 25.4. The lowest BCUT2D eigenvalue weighted by atomic mass is 9.85. The van der Waals surface area contributed by atoms with Gasteiger partial charge in [0.1, 0.15) is 5.60 Å². The first-order valence-electron chi connectivity index (χ1n) is 10.7. The summed E-state index contributed by atoms with van der Waals surface area (Å²) >= 11 is 0. The molecule has 0 amide bonds. The summed E-state index contributed by atoms with van der Waals surface area (Å²) in [6.45, 7) is 9.84. The molecule has 0 aliphatic rings. The summed E-state index contributed by atoms with van der Waals surface area (Å²) in [5, 5.41) is 21.2. The Hall–Kier alpha value is -0.610. The van der Waals surface area contributed by atoms with Crippen LogP contribution in [0.2, 0.25) is 0 Å². The summed E-state index contributed by atoms with van der Waals surface area (Å²) in [7, 11) is 0. The Kier molecular flexibility index (Phi) is 13.2. The molecule has 0 aliphatic heterocycles. The number of unbranched alkanes of at least 4 members (excludes halogenated alkanes) is 6. The third-order valence-corrected chi connectivity index (χ3v) is 4.76. The van der Waals surface area contributed by atoms with Crippen molar-refractivity contribution < 1.29 is 19.7 Å². The molecular formula is C22H44O4. The van der Waals surface area contributed by atoms with Crippen LogP contribution >= 0.6 is 0 Å². The number of hydrogen-bond acceptors (Lipinski definition) is 4. The van der Waals surface area contributed by atoms with E-state index in [0.717, 1.165) is 38.5 Å². The molecule has 2 N–H and O–H groups in total. The van der Waals surface area contributed by atoms with Crippen LogP contribution in [0.5, 0.6) is 0 Å². The Bertz CT molecular complexity index is 348. The lowest BCUT2D eigenvalue weighted by molar-refractivity contribution is -0.157. The van der Waals surface area contributed by atoms with Gasteiger partial charge in [0, 0.05) is 0 Å². The molecule has 0 spiro atoms. The van der Waals surface area contributed by atoms with Gasteiger partial charge in [-0.25, -0.2) is 0 Å². The first-order valence-corrected chi connectivity index (χ1v) is 10.7. The van der Waals surface area contributed by atoms with Crippen LogP contribution in [0.15, 0.2) is 0 Å². The average molecular weight is 373 g/mol. The minimum atomic E-state index is -0.748. The van der Waals surface area contributed by atoms with Crippen molar-refractivity contribution in [2.75, 3.05) is 0 Å². The third kappa shape index (κ3) is 14.5. The maximum atomic E-state index is 11.8.